The van der Waals surface area contributed by atoms with Gasteiger partial charge in [-0.25, -0.2) is 8.42 Å². The van der Waals surface area contributed by atoms with Crippen LogP contribution in [0.2, 0.25) is 0 Å². The molecule has 1 aromatic rings. The van der Waals surface area contributed by atoms with Crippen LogP contribution in [-0.2, 0) is 10.0 Å². The second-order valence-electron chi connectivity index (χ2n) is 5.46. The van der Waals surface area contributed by atoms with E-state index in [1.807, 2.05) is 0 Å². The molecule has 1 aromatic carbocycles. The van der Waals surface area contributed by atoms with Crippen LogP contribution in [-0.4, -0.2) is 58.5 Å². The average Bonchev–Trinajstić information content (AvgIpc) is 2.61. The minimum Gasteiger partial charge on any atom is -0.496 e. The van der Waals surface area contributed by atoms with Crippen LogP contribution in [0.4, 0.5) is 0 Å². The van der Waals surface area contributed by atoms with Crippen LogP contribution in [0.1, 0.15) is 37.6 Å². The van der Waals surface area contributed by atoms with Crippen molar-refractivity contribution in [1.82, 2.24) is 14.9 Å². The van der Waals surface area contributed by atoms with E-state index in [1.165, 1.54) is 29.6 Å². The Labute approximate surface area is 162 Å². The molecule has 0 saturated carbocycles. The number of benzene rings is 1. The van der Waals surface area contributed by atoms with E-state index in [-0.39, 0.29) is 28.8 Å². The summed E-state index contributed by atoms with van der Waals surface area (Å²) in [6.45, 7) is 8.36. The number of amides is 1. The Morgan fingerprint density at radius 3 is 2.31 bits per heavy atom. The highest BCUT2D eigenvalue weighted by atomic mass is 35.5. The molecule has 0 aromatic heterocycles. The summed E-state index contributed by atoms with van der Waals surface area (Å²) < 4.78 is 31.8. The van der Waals surface area contributed by atoms with Crippen LogP contribution in [0.5, 0.6) is 5.75 Å². The second-order valence-corrected chi connectivity index (χ2v) is 7.40. The highest BCUT2D eigenvalue weighted by Crippen LogP contribution is 2.24. The molecule has 9 heteroatoms. The van der Waals surface area contributed by atoms with Gasteiger partial charge in [0.2, 0.25) is 10.0 Å². The summed E-state index contributed by atoms with van der Waals surface area (Å²) in [5, 5.41) is 5.97. The Hall–Kier alpha value is -1.35. The van der Waals surface area contributed by atoms with Gasteiger partial charge in [-0.1, -0.05) is 20.8 Å². The molecule has 0 radical (unpaired) electrons. The summed E-state index contributed by atoms with van der Waals surface area (Å²) >= 11 is 0. The van der Waals surface area contributed by atoms with Gasteiger partial charge >= 0.3 is 0 Å². The van der Waals surface area contributed by atoms with Crippen LogP contribution in [0.15, 0.2) is 23.1 Å². The highest BCUT2D eigenvalue weighted by Gasteiger charge is 2.24. The van der Waals surface area contributed by atoms with E-state index < -0.39 is 10.0 Å². The first kappa shape index (κ1) is 24.7. The molecule has 1 rings (SSSR count). The lowest BCUT2D eigenvalue weighted by Gasteiger charge is -2.19. The zero-order valence-corrected chi connectivity index (χ0v) is 17.5. The Morgan fingerprint density at radius 1 is 1.12 bits per heavy atom. The second kappa shape index (κ2) is 12.1. The van der Waals surface area contributed by atoms with Crippen molar-refractivity contribution in [2.24, 2.45) is 0 Å². The van der Waals surface area contributed by atoms with Gasteiger partial charge in [0, 0.05) is 26.2 Å². The molecule has 150 valence electrons. The van der Waals surface area contributed by atoms with Crippen LogP contribution in [0.3, 0.4) is 0 Å². The third kappa shape index (κ3) is 6.42. The van der Waals surface area contributed by atoms with E-state index in [0.29, 0.717) is 31.9 Å². The number of hydrogen-bond acceptors (Lipinski definition) is 5. The van der Waals surface area contributed by atoms with Gasteiger partial charge in [-0.15, -0.1) is 12.4 Å². The third-order valence-electron chi connectivity index (χ3n) is 3.77. The molecule has 1 amide bonds. The van der Waals surface area contributed by atoms with Crippen molar-refractivity contribution < 1.29 is 17.9 Å². The van der Waals surface area contributed by atoms with Crippen molar-refractivity contribution in [3.8, 4) is 5.75 Å². The fourth-order valence-corrected chi connectivity index (χ4v) is 3.88. The molecule has 0 saturated heterocycles. The molecule has 7 nitrogen and oxygen atoms in total. The van der Waals surface area contributed by atoms with Gasteiger partial charge in [0.25, 0.3) is 5.91 Å². The summed E-state index contributed by atoms with van der Waals surface area (Å²) in [5.74, 6) is -0.00994. The summed E-state index contributed by atoms with van der Waals surface area (Å²) in [7, 11) is -2.18. The normalized spacial score (nSPS) is 11.1. The lowest BCUT2D eigenvalue weighted by Crippen LogP contribution is -2.33. The van der Waals surface area contributed by atoms with Crippen LogP contribution >= 0.6 is 12.4 Å². The first-order chi connectivity index (χ1) is 11.9. The predicted molar refractivity (Wildman–Crippen MR) is 106 cm³/mol. The van der Waals surface area contributed by atoms with Crippen molar-refractivity contribution in [2.45, 2.75) is 32.1 Å². The van der Waals surface area contributed by atoms with E-state index in [0.717, 1.165) is 13.0 Å². The van der Waals surface area contributed by atoms with Gasteiger partial charge in [-0.3, -0.25) is 4.79 Å². The molecule has 0 fully saturated rings. The number of carbonyl (C=O) groups excluding carboxylic acids is 1. The first-order valence-corrected chi connectivity index (χ1v) is 10.0. The van der Waals surface area contributed by atoms with Crippen LogP contribution in [0.25, 0.3) is 0 Å². The minimum atomic E-state index is -3.63. The lowest BCUT2D eigenvalue weighted by molar-refractivity contribution is 0.0950. The molecule has 0 unspecified atom stereocenters. The SMILES string of the molecule is CCCNCCNC(=O)c1cc(S(=O)(=O)N(CC)CC)ccc1OC.Cl. The maximum atomic E-state index is 12.6. The van der Waals surface area contributed by atoms with Crippen molar-refractivity contribution in [3.63, 3.8) is 0 Å². The van der Waals surface area contributed by atoms with E-state index >= 15 is 0 Å². The van der Waals surface area contributed by atoms with Gasteiger partial charge in [-0.2, -0.15) is 4.31 Å². The van der Waals surface area contributed by atoms with E-state index in [4.69, 9.17) is 4.74 Å². The largest absolute Gasteiger partial charge is 0.496 e. The Balaban J connectivity index is 0.00000625. The molecular formula is C17H30ClN3O4S. The summed E-state index contributed by atoms with van der Waals surface area (Å²) in [6.07, 6.45) is 1.02. The Kier molecular flexibility index (Phi) is 11.5. The Morgan fingerprint density at radius 2 is 1.77 bits per heavy atom. The van der Waals surface area contributed by atoms with Gasteiger partial charge in [0.05, 0.1) is 17.6 Å². The molecule has 0 bridgehead atoms. The van der Waals surface area contributed by atoms with Gasteiger partial charge in [0.1, 0.15) is 5.75 Å². The number of rotatable bonds is 11. The molecule has 26 heavy (non-hydrogen) atoms. The molecule has 0 aliphatic carbocycles. The zero-order chi connectivity index (χ0) is 18.9. The summed E-state index contributed by atoms with van der Waals surface area (Å²) in [5.41, 5.74) is 0.214. The average molecular weight is 408 g/mol. The monoisotopic (exact) mass is 407 g/mol. The maximum Gasteiger partial charge on any atom is 0.255 e. The van der Waals surface area contributed by atoms with E-state index in [1.54, 1.807) is 13.8 Å². The number of halogens is 1. The van der Waals surface area contributed by atoms with Crippen molar-refractivity contribution in [1.29, 1.82) is 0 Å². The van der Waals surface area contributed by atoms with E-state index in [9.17, 15) is 13.2 Å². The van der Waals surface area contributed by atoms with Crippen LogP contribution < -0.4 is 15.4 Å². The predicted octanol–water partition coefficient (Wildman–Crippen LogP) is 1.88. The third-order valence-corrected chi connectivity index (χ3v) is 5.82. The fraction of sp³-hybridized carbons (Fsp3) is 0.588. The number of carbonyl (C=O) groups is 1. The highest BCUT2D eigenvalue weighted by molar-refractivity contribution is 7.89. The van der Waals surface area contributed by atoms with Crippen molar-refractivity contribution in [2.75, 3.05) is 39.8 Å². The van der Waals surface area contributed by atoms with Crippen LogP contribution in [0, 0.1) is 0 Å². The quantitative estimate of drug-likeness (QED) is 0.547. The fourth-order valence-electron chi connectivity index (χ4n) is 2.40. The topological polar surface area (TPSA) is 87.7 Å². The number of nitrogens with zero attached hydrogens (tertiary/aromatic N) is 1. The number of hydrogen-bond donors (Lipinski definition) is 2. The molecule has 0 aliphatic heterocycles. The summed E-state index contributed by atoms with van der Waals surface area (Å²) in [6, 6.07) is 4.36. The number of nitrogens with one attached hydrogen (secondary N) is 2. The zero-order valence-electron chi connectivity index (χ0n) is 15.9. The van der Waals surface area contributed by atoms with Crippen molar-refractivity contribution >= 4 is 28.3 Å². The molecule has 0 spiro atoms. The van der Waals surface area contributed by atoms with Crippen molar-refractivity contribution in [3.05, 3.63) is 23.8 Å². The molecule has 0 atom stereocenters. The maximum absolute atomic E-state index is 12.6. The lowest BCUT2D eigenvalue weighted by atomic mass is 10.2. The summed E-state index contributed by atoms with van der Waals surface area (Å²) in [4.78, 5) is 12.5. The van der Waals surface area contributed by atoms with Gasteiger partial charge < -0.3 is 15.4 Å². The molecule has 2 N–H and O–H groups in total. The Bertz CT molecular complexity index is 664. The molecule has 0 heterocycles. The number of ether oxygens (including phenoxy) is 1. The number of sulfonamides is 1. The smallest absolute Gasteiger partial charge is 0.255 e. The number of methoxy groups -OCH3 is 1. The molecular weight excluding hydrogens is 378 g/mol. The first-order valence-electron chi connectivity index (χ1n) is 8.59. The van der Waals surface area contributed by atoms with Gasteiger partial charge in [-0.05, 0) is 31.2 Å². The van der Waals surface area contributed by atoms with E-state index in [2.05, 4.69) is 17.6 Å². The van der Waals surface area contributed by atoms with Gasteiger partial charge in [0.15, 0.2) is 0 Å². The standard InChI is InChI=1S/C17H29N3O4S.ClH/c1-5-10-18-11-12-19-17(21)15-13-14(8-9-16(15)24-4)25(22,23)20(6-2)7-3;/h8-9,13,18H,5-7,10-12H2,1-4H3,(H,19,21);1H. The minimum absolute atomic E-state index is 0. The molecule has 0 aliphatic rings.